The van der Waals surface area contributed by atoms with Gasteiger partial charge in [-0.2, -0.15) is 0 Å². The van der Waals surface area contributed by atoms with Crippen LogP contribution in [0.2, 0.25) is 0 Å². The molecule has 0 unspecified atom stereocenters. The van der Waals surface area contributed by atoms with Gasteiger partial charge in [-0.3, -0.25) is 0 Å². The number of aromatic nitrogens is 2. The van der Waals surface area contributed by atoms with Crippen LogP contribution >= 0.6 is 0 Å². The summed E-state index contributed by atoms with van der Waals surface area (Å²) in [5.41, 5.74) is 0. The fourth-order valence-corrected chi connectivity index (χ4v) is 2.26. The van der Waals surface area contributed by atoms with Crippen molar-refractivity contribution in [3.8, 4) is 0 Å². The van der Waals surface area contributed by atoms with Crippen molar-refractivity contribution in [1.82, 2.24) is 14.9 Å². The Morgan fingerprint density at radius 2 is 2.06 bits per heavy atom. The Morgan fingerprint density at radius 3 is 2.83 bits per heavy atom. The molecule has 0 saturated carbocycles. The highest BCUT2D eigenvalue weighted by atomic mass is 15.2. The lowest BCUT2D eigenvalue weighted by Crippen LogP contribution is -2.29. The lowest BCUT2D eigenvalue weighted by atomic mass is 10.3. The lowest BCUT2D eigenvalue weighted by molar-refractivity contribution is 0.360. The largest absolute Gasteiger partial charge is 0.370 e. The molecule has 1 aromatic heterocycles. The SMILES string of the molecule is CCNc1cc(N2CCCN(C)CC2)nc(C)n1. The number of nitrogens with one attached hydrogen (secondary N) is 1. The number of hydrogen-bond donors (Lipinski definition) is 1. The number of nitrogens with zero attached hydrogens (tertiary/aromatic N) is 4. The Labute approximate surface area is 109 Å². The van der Waals surface area contributed by atoms with E-state index in [1.807, 2.05) is 6.92 Å². The van der Waals surface area contributed by atoms with E-state index in [1.54, 1.807) is 0 Å². The zero-order chi connectivity index (χ0) is 13.0. The van der Waals surface area contributed by atoms with E-state index in [9.17, 15) is 0 Å². The Hall–Kier alpha value is -1.36. The van der Waals surface area contributed by atoms with Crippen molar-refractivity contribution in [2.24, 2.45) is 0 Å². The zero-order valence-electron chi connectivity index (χ0n) is 11.6. The van der Waals surface area contributed by atoms with Gasteiger partial charge in [-0.25, -0.2) is 9.97 Å². The van der Waals surface area contributed by atoms with Crippen molar-refractivity contribution >= 4 is 11.6 Å². The summed E-state index contributed by atoms with van der Waals surface area (Å²) in [5.74, 6) is 2.81. The zero-order valence-corrected chi connectivity index (χ0v) is 11.6. The molecule has 1 saturated heterocycles. The van der Waals surface area contributed by atoms with Crippen LogP contribution in [0.15, 0.2) is 6.07 Å². The number of aryl methyl sites for hydroxylation is 1. The molecule has 5 heteroatoms. The van der Waals surface area contributed by atoms with Gasteiger partial charge in [0.25, 0.3) is 0 Å². The molecule has 0 aromatic carbocycles. The molecular weight excluding hydrogens is 226 g/mol. The molecule has 0 spiro atoms. The van der Waals surface area contributed by atoms with Crippen molar-refractivity contribution < 1.29 is 0 Å². The molecule has 1 N–H and O–H groups in total. The standard InChI is InChI=1S/C13H23N5/c1-4-14-12-10-13(16-11(2)15-12)18-7-5-6-17(3)8-9-18/h10H,4-9H2,1-3H3,(H,14,15,16). The summed E-state index contributed by atoms with van der Waals surface area (Å²) in [7, 11) is 2.18. The van der Waals surface area contributed by atoms with E-state index >= 15 is 0 Å². The van der Waals surface area contributed by atoms with Crippen LogP contribution in [0.4, 0.5) is 11.6 Å². The minimum Gasteiger partial charge on any atom is -0.370 e. The summed E-state index contributed by atoms with van der Waals surface area (Å²) in [6.45, 7) is 9.30. The van der Waals surface area contributed by atoms with E-state index in [-0.39, 0.29) is 0 Å². The molecule has 0 amide bonds. The molecule has 0 atom stereocenters. The molecule has 0 radical (unpaired) electrons. The van der Waals surface area contributed by atoms with Crippen LogP contribution < -0.4 is 10.2 Å². The average molecular weight is 249 g/mol. The van der Waals surface area contributed by atoms with E-state index in [1.165, 1.54) is 13.0 Å². The third-order valence-electron chi connectivity index (χ3n) is 3.23. The fraction of sp³-hybridized carbons (Fsp3) is 0.692. The number of rotatable bonds is 3. The van der Waals surface area contributed by atoms with Gasteiger partial charge in [0.05, 0.1) is 0 Å². The van der Waals surface area contributed by atoms with Crippen LogP contribution in [-0.2, 0) is 0 Å². The molecule has 18 heavy (non-hydrogen) atoms. The van der Waals surface area contributed by atoms with Crippen LogP contribution in [0.25, 0.3) is 0 Å². The molecule has 1 fully saturated rings. The number of likely N-dealkylation sites (N-methyl/N-ethyl adjacent to an activating group) is 1. The van der Waals surface area contributed by atoms with Crippen LogP contribution in [-0.4, -0.2) is 54.6 Å². The molecule has 0 bridgehead atoms. The molecule has 2 rings (SSSR count). The van der Waals surface area contributed by atoms with Crippen molar-refractivity contribution in [3.05, 3.63) is 11.9 Å². The van der Waals surface area contributed by atoms with Gasteiger partial charge in [0.1, 0.15) is 17.5 Å². The first-order valence-electron chi connectivity index (χ1n) is 6.72. The summed E-state index contributed by atoms with van der Waals surface area (Å²) in [5, 5.41) is 3.26. The smallest absolute Gasteiger partial charge is 0.134 e. The molecule has 0 aliphatic carbocycles. The molecular formula is C13H23N5. The summed E-state index contributed by atoms with van der Waals surface area (Å²) in [4.78, 5) is 13.7. The van der Waals surface area contributed by atoms with E-state index in [2.05, 4.69) is 45.1 Å². The van der Waals surface area contributed by atoms with Crippen LogP contribution in [0, 0.1) is 6.92 Å². The van der Waals surface area contributed by atoms with E-state index in [4.69, 9.17) is 0 Å². The van der Waals surface area contributed by atoms with Gasteiger partial charge in [0, 0.05) is 32.2 Å². The highest BCUT2D eigenvalue weighted by molar-refractivity contribution is 5.49. The summed E-state index contributed by atoms with van der Waals surface area (Å²) in [6.07, 6.45) is 1.19. The minimum atomic E-state index is 0.834. The first kappa shape index (κ1) is 13.1. The van der Waals surface area contributed by atoms with Gasteiger partial charge >= 0.3 is 0 Å². The normalized spacial score (nSPS) is 17.6. The molecule has 1 aromatic rings. The maximum Gasteiger partial charge on any atom is 0.134 e. The van der Waals surface area contributed by atoms with Gasteiger partial charge in [-0.15, -0.1) is 0 Å². The third-order valence-corrected chi connectivity index (χ3v) is 3.23. The van der Waals surface area contributed by atoms with Crippen LogP contribution in [0.1, 0.15) is 19.2 Å². The van der Waals surface area contributed by atoms with Crippen molar-refractivity contribution in [2.45, 2.75) is 20.3 Å². The summed E-state index contributed by atoms with van der Waals surface area (Å²) >= 11 is 0. The summed E-state index contributed by atoms with van der Waals surface area (Å²) in [6, 6.07) is 2.06. The first-order chi connectivity index (χ1) is 8.69. The second-order valence-corrected chi connectivity index (χ2v) is 4.83. The topological polar surface area (TPSA) is 44.3 Å². The van der Waals surface area contributed by atoms with Crippen molar-refractivity contribution in [1.29, 1.82) is 0 Å². The van der Waals surface area contributed by atoms with Gasteiger partial charge in [-0.1, -0.05) is 0 Å². The predicted molar refractivity (Wildman–Crippen MR) is 75.3 cm³/mol. The van der Waals surface area contributed by atoms with Gasteiger partial charge in [-0.05, 0) is 33.9 Å². The van der Waals surface area contributed by atoms with E-state index in [0.29, 0.717) is 0 Å². The van der Waals surface area contributed by atoms with Crippen molar-refractivity contribution in [2.75, 3.05) is 50.0 Å². The second kappa shape index (κ2) is 6.00. The summed E-state index contributed by atoms with van der Waals surface area (Å²) < 4.78 is 0. The molecule has 5 nitrogen and oxygen atoms in total. The van der Waals surface area contributed by atoms with E-state index in [0.717, 1.165) is 43.6 Å². The molecule has 100 valence electrons. The van der Waals surface area contributed by atoms with E-state index < -0.39 is 0 Å². The van der Waals surface area contributed by atoms with Gasteiger partial charge in [0.2, 0.25) is 0 Å². The average Bonchev–Trinajstić information content (AvgIpc) is 2.54. The van der Waals surface area contributed by atoms with Gasteiger partial charge < -0.3 is 15.1 Å². The van der Waals surface area contributed by atoms with Crippen molar-refractivity contribution in [3.63, 3.8) is 0 Å². The maximum absolute atomic E-state index is 4.56. The van der Waals surface area contributed by atoms with Crippen LogP contribution in [0.5, 0.6) is 0 Å². The number of anilines is 2. The highest BCUT2D eigenvalue weighted by Gasteiger charge is 2.14. The van der Waals surface area contributed by atoms with Gasteiger partial charge in [0.15, 0.2) is 0 Å². The molecule has 1 aliphatic rings. The fourth-order valence-electron chi connectivity index (χ4n) is 2.26. The predicted octanol–water partition coefficient (Wildman–Crippen LogP) is 1.36. The highest BCUT2D eigenvalue weighted by Crippen LogP contribution is 2.17. The first-order valence-corrected chi connectivity index (χ1v) is 6.72. The minimum absolute atomic E-state index is 0.834. The maximum atomic E-state index is 4.56. The quantitative estimate of drug-likeness (QED) is 0.876. The third kappa shape index (κ3) is 3.32. The Morgan fingerprint density at radius 1 is 1.22 bits per heavy atom. The lowest BCUT2D eigenvalue weighted by Gasteiger charge is -2.22. The van der Waals surface area contributed by atoms with Crippen LogP contribution in [0.3, 0.4) is 0 Å². The number of hydrogen-bond acceptors (Lipinski definition) is 5. The molecule has 2 heterocycles. The molecule has 1 aliphatic heterocycles. The second-order valence-electron chi connectivity index (χ2n) is 4.83. The monoisotopic (exact) mass is 249 g/mol. The Kier molecular flexibility index (Phi) is 4.36. The Bertz CT molecular complexity index is 393. The Balaban J connectivity index is 2.15.